The van der Waals surface area contributed by atoms with Crippen LogP contribution < -0.4 is 0 Å². The van der Waals surface area contributed by atoms with E-state index in [4.69, 9.17) is 4.74 Å². The van der Waals surface area contributed by atoms with Gasteiger partial charge in [0.2, 0.25) is 0 Å². The fourth-order valence-corrected chi connectivity index (χ4v) is 5.08. The lowest BCUT2D eigenvalue weighted by atomic mass is 9.94. The van der Waals surface area contributed by atoms with E-state index < -0.39 is 0 Å². The van der Waals surface area contributed by atoms with Crippen molar-refractivity contribution in [1.29, 1.82) is 0 Å². The highest BCUT2D eigenvalue weighted by Gasteiger charge is 2.28. The number of rotatable bonds is 9. The van der Waals surface area contributed by atoms with Gasteiger partial charge in [-0.25, -0.2) is 0 Å². The molecule has 3 aliphatic heterocycles. The molecule has 0 aromatic heterocycles. The van der Waals surface area contributed by atoms with E-state index >= 15 is 0 Å². The summed E-state index contributed by atoms with van der Waals surface area (Å²) < 4.78 is 5.41. The van der Waals surface area contributed by atoms with E-state index in [-0.39, 0.29) is 12.4 Å². The number of piperazine rings is 1. The summed E-state index contributed by atoms with van der Waals surface area (Å²) in [6.45, 7) is 18.3. The number of likely N-dealkylation sites (tertiary alicyclic amines) is 2. The lowest BCUT2D eigenvalue weighted by molar-refractivity contribution is -0.121. The number of carbonyl (C=O) groups is 1. The molecule has 28 heavy (non-hydrogen) atoms. The predicted octanol–water partition coefficient (Wildman–Crippen LogP) is 1.41. The van der Waals surface area contributed by atoms with E-state index in [1.54, 1.807) is 6.92 Å². The molecular formula is C22H42N4O2. The molecule has 0 unspecified atom stereocenters. The highest BCUT2D eigenvalue weighted by Crippen LogP contribution is 2.23. The van der Waals surface area contributed by atoms with Gasteiger partial charge in [0.1, 0.15) is 6.61 Å². The Morgan fingerprint density at radius 2 is 1.50 bits per heavy atom. The van der Waals surface area contributed by atoms with Crippen LogP contribution in [-0.2, 0) is 9.53 Å². The van der Waals surface area contributed by atoms with Gasteiger partial charge in [-0.2, -0.15) is 0 Å². The molecule has 0 aromatic carbocycles. The normalized spacial score (nSPS) is 25.4. The molecule has 0 spiro atoms. The lowest BCUT2D eigenvalue weighted by Gasteiger charge is -2.43. The molecule has 3 aliphatic rings. The molecule has 3 heterocycles. The minimum Gasteiger partial charge on any atom is -0.372 e. The Labute approximate surface area is 172 Å². The zero-order valence-electron chi connectivity index (χ0n) is 18.3. The van der Waals surface area contributed by atoms with E-state index in [0.29, 0.717) is 6.61 Å². The summed E-state index contributed by atoms with van der Waals surface area (Å²) in [5.41, 5.74) is 0. The fourth-order valence-electron chi connectivity index (χ4n) is 5.08. The monoisotopic (exact) mass is 394 g/mol. The third-order valence-corrected chi connectivity index (χ3v) is 7.01. The molecule has 3 rings (SSSR count). The standard InChI is InChI=1S/C22H42N4O2/c1-3-23-12-14-26(15-13-23)22-6-10-25(11-7-22)18-21-4-8-24(9-5-21)16-17-28-19-20(2)27/h21-22H,3-19H2,1-2H3. The second-order valence-corrected chi connectivity index (χ2v) is 9.04. The molecule has 0 aromatic rings. The number of hydrogen-bond acceptors (Lipinski definition) is 6. The number of piperidine rings is 2. The van der Waals surface area contributed by atoms with Crippen molar-refractivity contribution < 1.29 is 9.53 Å². The van der Waals surface area contributed by atoms with Crippen molar-refractivity contribution in [2.45, 2.75) is 45.6 Å². The minimum atomic E-state index is 0.116. The Morgan fingerprint density at radius 3 is 2.11 bits per heavy atom. The molecule has 0 aliphatic carbocycles. The lowest BCUT2D eigenvalue weighted by Crippen LogP contribution is -2.53. The Balaban J connectivity index is 1.26. The molecule has 0 N–H and O–H groups in total. The Morgan fingerprint density at radius 1 is 0.857 bits per heavy atom. The van der Waals surface area contributed by atoms with Crippen LogP contribution in [0.5, 0.6) is 0 Å². The molecule has 6 heteroatoms. The fraction of sp³-hybridized carbons (Fsp3) is 0.955. The van der Waals surface area contributed by atoms with Gasteiger partial charge in [-0.1, -0.05) is 6.92 Å². The smallest absolute Gasteiger partial charge is 0.155 e. The third-order valence-electron chi connectivity index (χ3n) is 7.01. The summed E-state index contributed by atoms with van der Waals surface area (Å²) in [5, 5.41) is 0. The van der Waals surface area contributed by atoms with Crippen LogP contribution in [0.1, 0.15) is 39.5 Å². The molecule has 6 nitrogen and oxygen atoms in total. The first-order valence-electron chi connectivity index (χ1n) is 11.6. The number of hydrogen-bond donors (Lipinski definition) is 0. The van der Waals surface area contributed by atoms with Crippen molar-refractivity contribution in [2.75, 3.05) is 85.2 Å². The van der Waals surface area contributed by atoms with Crippen molar-refractivity contribution >= 4 is 5.78 Å². The van der Waals surface area contributed by atoms with Crippen molar-refractivity contribution in [3.8, 4) is 0 Å². The van der Waals surface area contributed by atoms with Crippen LogP contribution in [0.25, 0.3) is 0 Å². The first kappa shape index (κ1) is 22.2. The van der Waals surface area contributed by atoms with Crippen molar-refractivity contribution in [1.82, 2.24) is 19.6 Å². The summed E-state index contributed by atoms with van der Waals surface area (Å²) in [7, 11) is 0. The van der Waals surface area contributed by atoms with Gasteiger partial charge in [0.15, 0.2) is 5.78 Å². The molecule has 162 valence electrons. The maximum Gasteiger partial charge on any atom is 0.155 e. The van der Waals surface area contributed by atoms with Gasteiger partial charge >= 0.3 is 0 Å². The third kappa shape index (κ3) is 7.06. The summed E-state index contributed by atoms with van der Waals surface area (Å²) in [6, 6.07) is 0.826. The summed E-state index contributed by atoms with van der Waals surface area (Å²) in [4.78, 5) is 21.5. The number of ether oxygens (including phenoxy) is 1. The molecule has 3 saturated heterocycles. The number of carbonyl (C=O) groups excluding carboxylic acids is 1. The highest BCUT2D eigenvalue weighted by atomic mass is 16.5. The van der Waals surface area contributed by atoms with Crippen LogP contribution >= 0.6 is 0 Å². The van der Waals surface area contributed by atoms with Gasteiger partial charge in [0.25, 0.3) is 0 Å². The van der Waals surface area contributed by atoms with Crippen molar-refractivity contribution in [2.24, 2.45) is 5.92 Å². The average molecular weight is 395 g/mol. The molecule has 0 bridgehead atoms. The Bertz CT molecular complexity index is 451. The Kier molecular flexibility index (Phi) is 9.18. The maximum atomic E-state index is 10.9. The first-order valence-corrected chi connectivity index (χ1v) is 11.6. The number of likely N-dealkylation sites (N-methyl/N-ethyl adjacent to an activating group) is 1. The van der Waals surface area contributed by atoms with Gasteiger partial charge in [-0.15, -0.1) is 0 Å². The zero-order chi connectivity index (χ0) is 19.8. The van der Waals surface area contributed by atoms with Crippen LogP contribution in [-0.4, -0.2) is 117 Å². The molecular weight excluding hydrogens is 352 g/mol. The molecule has 0 saturated carbocycles. The zero-order valence-corrected chi connectivity index (χ0v) is 18.3. The molecule has 0 amide bonds. The molecule has 0 atom stereocenters. The van der Waals surface area contributed by atoms with Gasteiger partial charge in [-0.05, 0) is 71.2 Å². The maximum absolute atomic E-state index is 10.9. The SMILES string of the molecule is CCN1CCN(C2CCN(CC3CCN(CCOCC(C)=O)CC3)CC2)CC1. The Hall–Kier alpha value is -0.530. The van der Waals surface area contributed by atoms with Crippen LogP contribution in [0.2, 0.25) is 0 Å². The number of Topliss-reactive ketones (excluding diaryl/α,β-unsaturated/α-hetero) is 1. The van der Waals surface area contributed by atoms with Crippen LogP contribution in [0.3, 0.4) is 0 Å². The minimum absolute atomic E-state index is 0.116. The first-order chi connectivity index (χ1) is 13.6. The van der Waals surface area contributed by atoms with E-state index in [1.807, 2.05) is 0 Å². The van der Waals surface area contributed by atoms with Gasteiger partial charge in [0.05, 0.1) is 6.61 Å². The van der Waals surface area contributed by atoms with Crippen molar-refractivity contribution in [3.63, 3.8) is 0 Å². The number of nitrogens with zero attached hydrogens (tertiary/aromatic N) is 4. The topological polar surface area (TPSA) is 39.3 Å². The molecule has 0 radical (unpaired) electrons. The van der Waals surface area contributed by atoms with Crippen LogP contribution in [0.15, 0.2) is 0 Å². The van der Waals surface area contributed by atoms with Crippen LogP contribution in [0, 0.1) is 5.92 Å². The van der Waals surface area contributed by atoms with E-state index in [2.05, 4.69) is 26.5 Å². The quantitative estimate of drug-likeness (QED) is 0.551. The van der Waals surface area contributed by atoms with E-state index in [1.165, 1.54) is 91.1 Å². The largest absolute Gasteiger partial charge is 0.372 e. The van der Waals surface area contributed by atoms with Gasteiger partial charge in [-0.3, -0.25) is 9.69 Å². The van der Waals surface area contributed by atoms with Crippen LogP contribution in [0.4, 0.5) is 0 Å². The highest BCUT2D eigenvalue weighted by molar-refractivity contribution is 5.76. The summed E-state index contributed by atoms with van der Waals surface area (Å²) in [6.07, 6.45) is 5.34. The number of ketones is 1. The van der Waals surface area contributed by atoms with E-state index in [0.717, 1.165) is 18.5 Å². The predicted molar refractivity (Wildman–Crippen MR) is 114 cm³/mol. The van der Waals surface area contributed by atoms with Gasteiger partial charge < -0.3 is 19.4 Å². The van der Waals surface area contributed by atoms with E-state index in [9.17, 15) is 4.79 Å². The summed E-state index contributed by atoms with van der Waals surface area (Å²) in [5.74, 6) is 0.977. The van der Waals surface area contributed by atoms with Gasteiger partial charge in [0, 0.05) is 45.3 Å². The second kappa shape index (κ2) is 11.6. The van der Waals surface area contributed by atoms with Crippen molar-refractivity contribution in [3.05, 3.63) is 0 Å². The second-order valence-electron chi connectivity index (χ2n) is 9.04. The average Bonchev–Trinajstić information content (AvgIpc) is 2.73. The molecule has 3 fully saturated rings. The summed E-state index contributed by atoms with van der Waals surface area (Å²) >= 11 is 0.